The van der Waals surface area contributed by atoms with Crippen LogP contribution in [-0.4, -0.2) is 46.7 Å². The molecule has 1 saturated carbocycles. The summed E-state index contributed by atoms with van der Waals surface area (Å²) in [7, 11) is -2.30. The number of hydrogen-bond acceptors (Lipinski definition) is 5. The van der Waals surface area contributed by atoms with Crippen LogP contribution in [0.3, 0.4) is 0 Å². The molecule has 0 aromatic heterocycles. The molecule has 170 valence electrons. The summed E-state index contributed by atoms with van der Waals surface area (Å²) in [5.74, 6) is 0.424. The zero-order valence-electron chi connectivity index (χ0n) is 18.4. The van der Waals surface area contributed by atoms with Gasteiger partial charge in [0.2, 0.25) is 15.9 Å². The smallest absolute Gasteiger partial charge is 0.241 e. The summed E-state index contributed by atoms with van der Waals surface area (Å²) in [6, 6.07) is 5.27. The summed E-state index contributed by atoms with van der Waals surface area (Å²) in [6.07, 6.45) is 7.46. The molecule has 0 heterocycles. The number of carbonyl (C=O) groups excluding carboxylic acids is 1. The largest absolute Gasteiger partial charge is 0.497 e. The molecule has 0 spiro atoms. The van der Waals surface area contributed by atoms with Crippen molar-refractivity contribution in [3.63, 3.8) is 0 Å². The molecule has 1 amide bonds. The van der Waals surface area contributed by atoms with E-state index in [1.807, 2.05) is 13.8 Å². The quantitative estimate of drug-likeness (QED) is 0.487. The number of amides is 1. The van der Waals surface area contributed by atoms with Crippen molar-refractivity contribution in [2.24, 2.45) is 5.92 Å². The van der Waals surface area contributed by atoms with E-state index in [9.17, 15) is 13.2 Å². The summed E-state index contributed by atoms with van der Waals surface area (Å²) in [6.45, 7) is 4.99. The molecule has 1 aliphatic rings. The number of ether oxygens (including phenoxy) is 2. The predicted octanol–water partition coefficient (Wildman–Crippen LogP) is 3.24. The van der Waals surface area contributed by atoms with E-state index in [0.29, 0.717) is 37.8 Å². The van der Waals surface area contributed by atoms with Gasteiger partial charge >= 0.3 is 0 Å². The number of carbonyl (C=O) groups is 1. The highest BCUT2D eigenvalue weighted by Crippen LogP contribution is 2.20. The molecule has 1 aromatic rings. The number of rotatable bonds is 12. The maximum atomic E-state index is 12.7. The van der Waals surface area contributed by atoms with E-state index < -0.39 is 16.1 Å². The van der Waals surface area contributed by atoms with Crippen molar-refractivity contribution in [2.45, 2.75) is 75.8 Å². The van der Waals surface area contributed by atoms with E-state index in [1.54, 1.807) is 12.1 Å². The van der Waals surface area contributed by atoms with Gasteiger partial charge in [0.15, 0.2) is 0 Å². The minimum atomic E-state index is -3.82. The summed E-state index contributed by atoms with van der Waals surface area (Å²) < 4.78 is 39.0. The molecule has 0 bridgehead atoms. The Labute approximate surface area is 181 Å². The maximum Gasteiger partial charge on any atom is 0.241 e. The minimum absolute atomic E-state index is 0.103. The Morgan fingerprint density at radius 2 is 1.80 bits per heavy atom. The Morgan fingerprint density at radius 3 is 2.40 bits per heavy atom. The number of hydrogen-bond donors (Lipinski definition) is 2. The number of benzene rings is 1. The molecule has 0 saturated heterocycles. The summed E-state index contributed by atoms with van der Waals surface area (Å²) in [4.78, 5) is 12.8. The molecule has 2 N–H and O–H groups in total. The third-order valence-electron chi connectivity index (χ3n) is 5.22. The van der Waals surface area contributed by atoms with Crippen LogP contribution in [0.15, 0.2) is 29.2 Å². The van der Waals surface area contributed by atoms with Gasteiger partial charge in [-0.3, -0.25) is 4.79 Å². The molecule has 1 aromatic carbocycles. The van der Waals surface area contributed by atoms with Crippen LogP contribution in [0.1, 0.15) is 58.8 Å². The van der Waals surface area contributed by atoms with Crippen LogP contribution in [0.4, 0.5) is 0 Å². The maximum absolute atomic E-state index is 12.7. The standard InChI is InChI=1S/C22H36N2O5S/c1-17(2)16-21(24-30(26,27)20-12-10-18(28-3)11-13-20)22(25)23-14-7-15-29-19-8-5-4-6-9-19/h10-13,17,19,21,24H,4-9,14-16H2,1-3H3,(H,23,25). The topological polar surface area (TPSA) is 93.7 Å². The highest BCUT2D eigenvalue weighted by molar-refractivity contribution is 7.89. The lowest BCUT2D eigenvalue weighted by molar-refractivity contribution is -0.123. The van der Waals surface area contributed by atoms with Crippen molar-refractivity contribution in [1.29, 1.82) is 0 Å². The average molecular weight is 441 g/mol. The molecular formula is C22H36N2O5S. The van der Waals surface area contributed by atoms with Crippen molar-refractivity contribution in [1.82, 2.24) is 10.0 Å². The zero-order valence-corrected chi connectivity index (χ0v) is 19.2. The van der Waals surface area contributed by atoms with E-state index in [0.717, 1.165) is 12.8 Å². The second-order valence-corrected chi connectivity index (χ2v) is 9.97. The Kier molecular flexibility index (Phi) is 10.1. The first-order valence-corrected chi connectivity index (χ1v) is 12.4. The van der Waals surface area contributed by atoms with Crippen molar-refractivity contribution in [3.05, 3.63) is 24.3 Å². The monoisotopic (exact) mass is 440 g/mol. The first-order valence-electron chi connectivity index (χ1n) is 10.9. The second-order valence-electron chi connectivity index (χ2n) is 8.25. The lowest BCUT2D eigenvalue weighted by Crippen LogP contribution is -2.47. The summed E-state index contributed by atoms with van der Waals surface area (Å²) >= 11 is 0. The lowest BCUT2D eigenvalue weighted by atomic mass is 9.98. The van der Waals surface area contributed by atoms with Gasteiger partial charge in [0.25, 0.3) is 0 Å². The summed E-state index contributed by atoms with van der Waals surface area (Å²) in [5, 5.41) is 2.85. The van der Waals surface area contributed by atoms with Crippen LogP contribution >= 0.6 is 0 Å². The number of methoxy groups -OCH3 is 1. The fourth-order valence-corrected chi connectivity index (χ4v) is 4.79. The summed E-state index contributed by atoms with van der Waals surface area (Å²) in [5.41, 5.74) is 0. The zero-order chi connectivity index (χ0) is 22.0. The van der Waals surface area contributed by atoms with Crippen molar-refractivity contribution in [3.8, 4) is 5.75 Å². The lowest BCUT2D eigenvalue weighted by Gasteiger charge is -2.22. The SMILES string of the molecule is COc1ccc(S(=O)(=O)NC(CC(C)C)C(=O)NCCCOC2CCCCC2)cc1. The number of nitrogens with one attached hydrogen (secondary N) is 2. The second kappa shape index (κ2) is 12.3. The van der Waals surface area contributed by atoms with E-state index in [-0.39, 0.29) is 16.7 Å². The molecule has 1 aliphatic carbocycles. The molecule has 7 nitrogen and oxygen atoms in total. The van der Waals surface area contributed by atoms with Gasteiger partial charge in [-0.15, -0.1) is 0 Å². The molecule has 30 heavy (non-hydrogen) atoms. The van der Waals surface area contributed by atoms with Gasteiger partial charge < -0.3 is 14.8 Å². The number of sulfonamides is 1. The predicted molar refractivity (Wildman–Crippen MR) is 117 cm³/mol. The normalized spacial score (nSPS) is 16.4. The molecular weight excluding hydrogens is 404 g/mol. The Balaban J connectivity index is 1.85. The third kappa shape index (κ3) is 8.24. The molecule has 0 radical (unpaired) electrons. The first-order chi connectivity index (χ1) is 14.3. The van der Waals surface area contributed by atoms with E-state index >= 15 is 0 Å². The minimum Gasteiger partial charge on any atom is -0.497 e. The van der Waals surface area contributed by atoms with Gasteiger partial charge in [0, 0.05) is 13.2 Å². The van der Waals surface area contributed by atoms with Crippen LogP contribution in [0.2, 0.25) is 0 Å². The van der Waals surface area contributed by atoms with Crippen LogP contribution in [0.25, 0.3) is 0 Å². The Hall–Kier alpha value is -1.64. The molecule has 8 heteroatoms. The van der Waals surface area contributed by atoms with Crippen LogP contribution < -0.4 is 14.8 Å². The molecule has 1 unspecified atom stereocenters. The highest BCUT2D eigenvalue weighted by Gasteiger charge is 2.26. The fraction of sp³-hybridized carbons (Fsp3) is 0.682. The first kappa shape index (κ1) is 24.6. The van der Waals surface area contributed by atoms with Gasteiger partial charge in [0.05, 0.1) is 18.1 Å². The molecule has 2 rings (SSSR count). The molecule has 0 aliphatic heterocycles. The molecule has 1 fully saturated rings. The van der Waals surface area contributed by atoms with Gasteiger partial charge in [0.1, 0.15) is 11.8 Å². The Bertz CT molecular complexity index is 743. The Morgan fingerprint density at radius 1 is 1.13 bits per heavy atom. The van der Waals surface area contributed by atoms with Gasteiger partial charge in [-0.2, -0.15) is 4.72 Å². The van der Waals surface area contributed by atoms with E-state index in [4.69, 9.17) is 9.47 Å². The van der Waals surface area contributed by atoms with Gasteiger partial charge in [-0.25, -0.2) is 8.42 Å². The van der Waals surface area contributed by atoms with Crippen LogP contribution in [0.5, 0.6) is 5.75 Å². The van der Waals surface area contributed by atoms with E-state index in [1.165, 1.54) is 38.5 Å². The van der Waals surface area contributed by atoms with Crippen molar-refractivity contribution >= 4 is 15.9 Å². The molecule has 1 atom stereocenters. The van der Waals surface area contributed by atoms with Gasteiger partial charge in [-0.1, -0.05) is 33.1 Å². The van der Waals surface area contributed by atoms with Gasteiger partial charge in [-0.05, 0) is 55.9 Å². The highest BCUT2D eigenvalue weighted by atomic mass is 32.2. The van der Waals surface area contributed by atoms with Crippen LogP contribution in [-0.2, 0) is 19.6 Å². The average Bonchev–Trinajstić information content (AvgIpc) is 2.73. The van der Waals surface area contributed by atoms with Crippen molar-refractivity contribution in [2.75, 3.05) is 20.3 Å². The third-order valence-corrected chi connectivity index (χ3v) is 6.70. The fourth-order valence-electron chi connectivity index (χ4n) is 3.58. The van der Waals surface area contributed by atoms with Crippen molar-refractivity contribution < 1.29 is 22.7 Å². The van der Waals surface area contributed by atoms with Crippen LogP contribution in [0, 0.1) is 5.92 Å². The van der Waals surface area contributed by atoms with E-state index in [2.05, 4.69) is 10.0 Å².